The van der Waals surface area contributed by atoms with Gasteiger partial charge in [0.2, 0.25) is 0 Å². The molecule has 4 heteroatoms. The van der Waals surface area contributed by atoms with Crippen LogP contribution in [0.4, 0.5) is 0 Å². The van der Waals surface area contributed by atoms with E-state index < -0.39 is 5.97 Å². The van der Waals surface area contributed by atoms with Crippen molar-refractivity contribution in [2.75, 3.05) is 33.2 Å². The average molecular weight is 242 g/mol. The number of unbranched alkanes of at least 4 members (excludes halogenated alkanes) is 2. The molecule has 4 nitrogen and oxygen atoms in total. The van der Waals surface area contributed by atoms with Gasteiger partial charge in [0.05, 0.1) is 6.42 Å². The van der Waals surface area contributed by atoms with Crippen LogP contribution in [0, 0.1) is 0 Å². The third-order valence-electron chi connectivity index (χ3n) is 3.61. The molecule has 0 aromatic heterocycles. The Morgan fingerprint density at radius 3 is 2.41 bits per heavy atom. The van der Waals surface area contributed by atoms with Crippen LogP contribution in [0.2, 0.25) is 0 Å². The summed E-state index contributed by atoms with van der Waals surface area (Å²) in [4.78, 5) is 15.6. The molecule has 1 atom stereocenters. The molecule has 0 aromatic carbocycles. The van der Waals surface area contributed by atoms with Gasteiger partial charge in [-0.2, -0.15) is 0 Å². The quantitative estimate of drug-likeness (QED) is 0.690. The highest BCUT2D eigenvalue weighted by Crippen LogP contribution is 2.15. The summed E-state index contributed by atoms with van der Waals surface area (Å²) >= 11 is 0. The van der Waals surface area contributed by atoms with E-state index >= 15 is 0 Å². The number of carbonyl (C=O) groups is 1. The van der Waals surface area contributed by atoms with Crippen molar-refractivity contribution in [3.8, 4) is 0 Å². The summed E-state index contributed by atoms with van der Waals surface area (Å²) in [6.07, 6.45) is 4.89. The van der Waals surface area contributed by atoms with Gasteiger partial charge in [0.15, 0.2) is 0 Å². The maximum Gasteiger partial charge on any atom is 0.304 e. The predicted octanol–water partition coefficient (Wildman–Crippen LogP) is 1.66. The molecule has 0 aliphatic carbocycles. The monoisotopic (exact) mass is 242 g/mol. The highest BCUT2D eigenvalue weighted by atomic mass is 16.4. The minimum absolute atomic E-state index is 0.243. The zero-order chi connectivity index (χ0) is 12.7. The van der Waals surface area contributed by atoms with Crippen molar-refractivity contribution < 1.29 is 9.90 Å². The number of hydrogen-bond acceptors (Lipinski definition) is 3. The summed E-state index contributed by atoms with van der Waals surface area (Å²) in [5, 5.41) is 8.99. The number of hydrogen-bond donors (Lipinski definition) is 1. The molecule has 0 radical (unpaired) electrons. The number of carboxylic acids is 1. The molecule has 100 valence electrons. The van der Waals surface area contributed by atoms with E-state index in [2.05, 4.69) is 23.8 Å². The lowest BCUT2D eigenvalue weighted by atomic mass is 10.0. The Morgan fingerprint density at radius 2 is 1.88 bits per heavy atom. The fraction of sp³-hybridized carbons (Fsp3) is 0.923. The van der Waals surface area contributed by atoms with Gasteiger partial charge < -0.3 is 10.0 Å². The van der Waals surface area contributed by atoms with Crippen LogP contribution in [0.15, 0.2) is 0 Å². The largest absolute Gasteiger partial charge is 0.481 e. The van der Waals surface area contributed by atoms with E-state index in [0.717, 1.165) is 39.0 Å². The Bertz CT molecular complexity index is 225. The van der Waals surface area contributed by atoms with Crippen LogP contribution in [0.25, 0.3) is 0 Å². The van der Waals surface area contributed by atoms with E-state index in [1.807, 2.05) is 0 Å². The molecular formula is C13H26N2O2. The molecule has 17 heavy (non-hydrogen) atoms. The zero-order valence-corrected chi connectivity index (χ0v) is 11.2. The molecular weight excluding hydrogens is 216 g/mol. The minimum Gasteiger partial charge on any atom is -0.481 e. The molecule has 1 unspecified atom stereocenters. The molecule has 1 aliphatic heterocycles. The third-order valence-corrected chi connectivity index (χ3v) is 3.61. The van der Waals surface area contributed by atoms with Gasteiger partial charge in [-0.15, -0.1) is 0 Å². The fourth-order valence-electron chi connectivity index (χ4n) is 2.43. The van der Waals surface area contributed by atoms with Crippen molar-refractivity contribution in [1.82, 2.24) is 9.80 Å². The second-order valence-corrected chi connectivity index (χ2v) is 5.09. The van der Waals surface area contributed by atoms with E-state index in [-0.39, 0.29) is 6.04 Å². The topological polar surface area (TPSA) is 43.8 Å². The van der Waals surface area contributed by atoms with Gasteiger partial charge in [-0.25, -0.2) is 0 Å². The van der Waals surface area contributed by atoms with Crippen molar-refractivity contribution in [2.24, 2.45) is 0 Å². The molecule has 0 saturated carbocycles. The summed E-state index contributed by atoms with van der Waals surface area (Å²) in [7, 11) is 2.13. The molecule has 0 aromatic rings. The number of likely N-dealkylation sites (N-methyl/N-ethyl adjacent to an activating group) is 1. The maximum absolute atomic E-state index is 10.9. The van der Waals surface area contributed by atoms with Crippen LogP contribution >= 0.6 is 0 Å². The Balaban J connectivity index is 2.40. The normalized spacial score (nSPS) is 20.4. The first-order chi connectivity index (χ1) is 8.13. The van der Waals surface area contributed by atoms with Crippen LogP contribution in [0.1, 0.15) is 39.0 Å². The van der Waals surface area contributed by atoms with Crippen molar-refractivity contribution >= 4 is 5.97 Å². The van der Waals surface area contributed by atoms with Gasteiger partial charge in [0.25, 0.3) is 0 Å². The first-order valence-corrected chi connectivity index (χ1v) is 6.78. The van der Waals surface area contributed by atoms with Crippen LogP contribution in [0.3, 0.4) is 0 Å². The molecule has 0 spiro atoms. The Hall–Kier alpha value is -0.610. The van der Waals surface area contributed by atoms with Crippen LogP contribution in [-0.2, 0) is 4.79 Å². The van der Waals surface area contributed by atoms with Crippen molar-refractivity contribution in [1.29, 1.82) is 0 Å². The molecule has 1 fully saturated rings. The molecule has 1 N–H and O–H groups in total. The summed E-state index contributed by atoms with van der Waals surface area (Å²) in [5.41, 5.74) is 0. The molecule has 0 bridgehead atoms. The molecule has 1 heterocycles. The molecule has 1 saturated heterocycles. The SMILES string of the molecule is CCCCCC(CC(=O)O)N1CCN(C)CC1. The van der Waals surface area contributed by atoms with Crippen molar-refractivity contribution in [3.63, 3.8) is 0 Å². The lowest BCUT2D eigenvalue weighted by Gasteiger charge is -2.37. The fourth-order valence-corrected chi connectivity index (χ4v) is 2.43. The van der Waals surface area contributed by atoms with Crippen LogP contribution < -0.4 is 0 Å². The Kier molecular flexibility index (Phi) is 6.52. The minimum atomic E-state index is -0.662. The predicted molar refractivity (Wildman–Crippen MR) is 69.3 cm³/mol. The standard InChI is InChI=1S/C13H26N2O2/c1-3-4-5-6-12(11-13(16)17)15-9-7-14(2)8-10-15/h12H,3-11H2,1-2H3,(H,16,17). The average Bonchev–Trinajstić information content (AvgIpc) is 2.28. The van der Waals surface area contributed by atoms with E-state index in [0.29, 0.717) is 6.42 Å². The zero-order valence-electron chi connectivity index (χ0n) is 11.2. The lowest BCUT2D eigenvalue weighted by molar-refractivity contribution is -0.138. The first-order valence-electron chi connectivity index (χ1n) is 6.78. The Morgan fingerprint density at radius 1 is 1.24 bits per heavy atom. The molecule has 1 aliphatic rings. The third kappa shape index (κ3) is 5.50. The van der Waals surface area contributed by atoms with Gasteiger partial charge in [-0.3, -0.25) is 9.69 Å². The van der Waals surface area contributed by atoms with Gasteiger partial charge >= 0.3 is 5.97 Å². The number of rotatable bonds is 7. The lowest BCUT2D eigenvalue weighted by Crippen LogP contribution is -2.49. The number of aliphatic carboxylic acids is 1. The second-order valence-electron chi connectivity index (χ2n) is 5.09. The van der Waals surface area contributed by atoms with Gasteiger partial charge in [0, 0.05) is 32.2 Å². The maximum atomic E-state index is 10.9. The number of carboxylic acid groups (broad SMARTS) is 1. The first kappa shape index (κ1) is 14.5. The van der Waals surface area contributed by atoms with E-state index in [1.54, 1.807) is 0 Å². The van der Waals surface area contributed by atoms with Crippen LogP contribution in [0.5, 0.6) is 0 Å². The van der Waals surface area contributed by atoms with Gasteiger partial charge in [-0.05, 0) is 13.5 Å². The van der Waals surface area contributed by atoms with Gasteiger partial charge in [-0.1, -0.05) is 26.2 Å². The van der Waals surface area contributed by atoms with E-state index in [1.165, 1.54) is 12.8 Å². The van der Waals surface area contributed by atoms with Crippen molar-refractivity contribution in [2.45, 2.75) is 45.1 Å². The van der Waals surface area contributed by atoms with E-state index in [9.17, 15) is 4.79 Å². The van der Waals surface area contributed by atoms with E-state index in [4.69, 9.17) is 5.11 Å². The summed E-state index contributed by atoms with van der Waals surface area (Å²) in [6, 6.07) is 0.243. The highest BCUT2D eigenvalue weighted by Gasteiger charge is 2.23. The van der Waals surface area contributed by atoms with Crippen LogP contribution in [-0.4, -0.2) is 60.1 Å². The molecule has 0 amide bonds. The summed E-state index contributed by atoms with van der Waals surface area (Å²) in [6.45, 7) is 6.33. The smallest absolute Gasteiger partial charge is 0.304 e. The number of nitrogens with zero attached hydrogens (tertiary/aromatic N) is 2. The van der Waals surface area contributed by atoms with Gasteiger partial charge in [0.1, 0.15) is 0 Å². The Labute approximate surface area is 105 Å². The summed E-state index contributed by atoms with van der Waals surface area (Å²) in [5.74, 6) is -0.662. The second kappa shape index (κ2) is 7.67. The van der Waals surface area contributed by atoms with Crippen molar-refractivity contribution in [3.05, 3.63) is 0 Å². The summed E-state index contributed by atoms with van der Waals surface area (Å²) < 4.78 is 0. The molecule has 1 rings (SSSR count). The highest BCUT2D eigenvalue weighted by molar-refractivity contribution is 5.67. The number of piperazine rings is 1.